The fraction of sp³-hybridized carbons (Fsp3) is 0.400. The molecule has 0 aromatic heterocycles. The van der Waals surface area contributed by atoms with Crippen LogP contribution in [0.4, 0.5) is 22.7 Å². The van der Waals surface area contributed by atoms with Gasteiger partial charge in [-0.2, -0.15) is 0 Å². The van der Waals surface area contributed by atoms with Crippen molar-refractivity contribution in [2.24, 2.45) is 0 Å². The Bertz CT molecular complexity index is 1130. The highest BCUT2D eigenvalue weighted by Gasteiger charge is 2.29. The summed E-state index contributed by atoms with van der Waals surface area (Å²) in [6.45, 7) is 7.33. The molecule has 4 N–H and O–H groups in total. The molecule has 0 atom stereocenters. The number of ether oxygens (including phenoxy) is 2. The first-order valence-electron chi connectivity index (χ1n) is 13.9. The van der Waals surface area contributed by atoms with Crippen LogP contribution in [0, 0.1) is 0 Å². The monoisotopic (exact) mass is 546 g/mol. The van der Waals surface area contributed by atoms with Gasteiger partial charge in [-0.05, 0) is 61.4 Å². The minimum atomic E-state index is 0.0721. The molecule has 0 unspecified atom stereocenters. The molecule has 0 bridgehead atoms. The van der Waals surface area contributed by atoms with Crippen LogP contribution in [-0.4, -0.2) is 87.3 Å². The number of hydrogen-bond donors (Lipinski definition) is 2. The lowest BCUT2D eigenvalue weighted by Crippen LogP contribution is -2.45. The molecule has 0 aliphatic carbocycles. The van der Waals surface area contributed by atoms with Gasteiger partial charge in [0.2, 0.25) is 0 Å². The van der Waals surface area contributed by atoms with Crippen LogP contribution in [0.25, 0.3) is 0 Å². The number of carbonyl (C=O) groups is 2. The van der Waals surface area contributed by atoms with Crippen LogP contribution in [0.2, 0.25) is 0 Å². The predicted octanol–water partition coefficient (Wildman–Crippen LogP) is 2.44. The van der Waals surface area contributed by atoms with Crippen molar-refractivity contribution >= 4 is 34.6 Å². The number of hydrogen-bond acceptors (Lipinski definition) is 8. The van der Waals surface area contributed by atoms with E-state index in [1.165, 1.54) is 0 Å². The zero-order valence-corrected chi connectivity index (χ0v) is 22.8. The van der Waals surface area contributed by atoms with Crippen molar-refractivity contribution in [3.8, 4) is 0 Å². The van der Waals surface area contributed by atoms with Crippen LogP contribution >= 0.6 is 0 Å². The van der Waals surface area contributed by atoms with Gasteiger partial charge in [0.1, 0.15) is 0 Å². The fourth-order valence-corrected chi connectivity index (χ4v) is 5.25. The van der Waals surface area contributed by atoms with E-state index >= 15 is 0 Å². The molecule has 2 fully saturated rings. The van der Waals surface area contributed by atoms with E-state index in [0.29, 0.717) is 37.8 Å². The summed E-state index contributed by atoms with van der Waals surface area (Å²) < 4.78 is 10.7. The molecular formula is C30H38N6O4. The van der Waals surface area contributed by atoms with Gasteiger partial charge in [-0.3, -0.25) is 9.59 Å². The quantitative estimate of drug-likeness (QED) is 0.562. The van der Waals surface area contributed by atoms with Crippen LogP contribution in [0.15, 0.2) is 72.1 Å². The molecular weight excluding hydrogens is 508 g/mol. The van der Waals surface area contributed by atoms with E-state index in [0.717, 1.165) is 74.9 Å². The minimum absolute atomic E-state index is 0.0721. The van der Waals surface area contributed by atoms with E-state index in [-0.39, 0.29) is 11.8 Å². The summed E-state index contributed by atoms with van der Waals surface area (Å²) >= 11 is 0. The molecule has 2 saturated heterocycles. The largest absolute Gasteiger partial charge is 0.399 e. The Kier molecular flexibility index (Phi) is 8.87. The SMILES string of the molecule is Nc1ccc(N2CCC=C(N3CCOCC3)C2=O)cc1.Nc1ccc(N2CCC=C(N3CCOCC3)C2=O)cc1. The first-order chi connectivity index (χ1) is 19.5. The third-order valence-corrected chi connectivity index (χ3v) is 7.42. The zero-order valence-electron chi connectivity index (χ0n) is 22.8. The standard InChI is InChI=1S/2C15H19N3O2/c2*16-12-3-5-13(6-4-12)18-7-1-2-14(15(18)19)17-8-10-20-11-9-17/h2*2-6H,1,7-11,16H2. The minimum Gasteiger partial charge on any atom is -0.399 e. The van der Waals surface area contributed by atoms with Gasteiger partial charge < -0.3 is 40.5 Å². The molecule has 10 heteroatoms. The maximum atomic E-state index is 12.7. The number of rotatable bonds is 4. The van der Waals surface area contributed by atoms with Crippen molar-refractivity contribution in [1.29, 1.82) is 0 Å². The zero-order chi connectivity index (χ0) is 27.9. The number of carbonyl (C=O) groups excluding carboxylic acids is 2. The summed E-state index contributed by atoms with van der Waals surface area (Å²) in [4.78, 5) is 33.2. The second-order valence-electron chi connectivity index (χ2n) is 10.1. The first-order valence-corrected chi connectivity index (χ1v) is 13.9. The van der Waals surface area contributed by atoms with Crippen LogP contribution in [0.3, 0.4) is 0 Å². The molecule has 2 amide bonds. The Morgan fingerprint density at radius 1 is 0.525 bits per heavy atom. The van der Waals surface area contributed by atoms with Gasteiger partial charge in [-0.1, -0.05) is 12.2 Å². The molecule has 0 radical (unpaired) electrons. The maximum absolute atomic E-state index is 12.7. The first kappa shape index (κ1) is 27.5. The summed E-state index contributed by atoms with van der Waals surface area (Å²) in [5.74, 6) is 0.144. The van der Waals surface area contributed by atoms with Crippen molar-refractivity contribution in [2.75, 3.05) is 87.0 Å². The number of nitrogens with two attached hydrogens (primary N) is 2. The highest BCUT2D eigenvalue weighted by Crippen LogP contribution is 2.25. The molecule has 6 rings (SSSR count). The molecule has 4 aliphatic rings. The van der Waals surface area contributed by atoms with E-state index in [1.54, 1.807) is 0 Å². The highest BCUT2D eigenvalue weighted by atomic mass is 16.5. The van der Waals surface area contributed by atoms with Gasteiger partial charge in [0.25, 0.3) is 11.8 Å². The van der Waals surface area contributed by atoms with E-state index < -0.39 is 0 Å². The second kappa shape index (κ2) is 12.9. The van der Waals surface area contributed by atoms with Crippen molar-refractivity contribution < 1.29 is 19.1 Å². The molecule has 0 spiro atoms. The molecule has 4 heterocycles. The number of morpholine rings is 2. The van der Waals surface area contributed by atoms with Crippen LogP contribution < -0.4 is 21.3 Å². The summed E-state index contributed by atoms with van der Waals surface area (Å²) in [7, 11) is 0. The molecule has 212 valence electrons. The Morgan fingerprint density at radius 2 is 0.875 bits per heavy atom. The van der Waals surface area contributed by atoms with E-state index in [9.17, 15) is 9.59 Å². The fourth-order valence-electron chi connectivity index (χ4n) is 5.25. The van der Waals surface area contributed by atoms with E-state index in [1.807, 2.05) is 70.5 Å². The van der Waals surface area contributed by atoms with Crippen molar-refractivity contribution in [3.05, 3.63) is 72.1 Å². The van der Waals surface area contributed by atoms with Crippen molar-refractivity contribution in [3.63, 3.8) is 0 Å². The molecule has 0 saturated carbocycles. The average molecular weight is 547 g/mol. The number of benzene rings is 2. The number of nitrogens with zero attached hydrogens (tertiary/aromatic N) is 4. The Hall–Kier alpha value is -4.02. The summed E-state index contributed by atoms with van der Waals surface area (Å²) in [6.07, 6.45) is 5.84. The van der Waals surface area contributed by atoms with Gasteiger partial charge in [-0.25, -0.2) is 0 Å². The Morgan fingerprint density at radius 3 is 1.23 bits per heavy atom. The highest BCUT2D eigenvalue weighted by molar-refractivity contribution is 6.06. The topological polar surface area (TPSA) is 118 Å². The molecule has 40 heavy (non-hydrogen) atoms. The summed E-state index contributed by atoms with van der Waals surface area (Å²) in [6, 6.07) is 14.9. The average Bonchev–Trinajstić information content (AvgIpc) is 3.00. The molecule has 2 aromatic rings. The maximum Gasteiger partial charge on any atom is 0.274 e. The normalized spacial score (nSPS) is 20.0. The third-order valence-electron chi connectivity index (χ3n) is 7.42. The lowest BCUT2D eigenvalue weighted by molar-refractivity contribution is -0.118. The molecule has 2 aromatic carbocycles. The van der Waals surface area contributed by atoms with Crippen molar-refractivity contribution in [1.82, 2.24) is 9.80 Å². The van der Waals surface area contributed by atoms with Gasteiger partial charge in [0.15, 0.2) is 0 Å². The van der Waals surface area contributed by atoms with Crippen molar-refractivity contribution in [2.45, 2.75) is 12.8 Å². The second-order valence-corrected chi connectivity index (χ2v) is 10.1. The van der Waals surface area contributed by atoms with Gasteiger partial charge >= 0.3 is 0 Å². The van der Waals surface area contributed by atoms with Gasteiger partial charge in [-0.15, -0.1) is 0 Å². The van der Waals surface area contributed by atoms with Gasteiger partial charge in [0.05, 0.1) is 37.8 Å². The van der Waals surface area contributed by atoms with Crippen LogP contribution in [0.1, 0.15) is 12.8 Å². The van der Waals surface area contributed by atoms with E-state index in [4.69, 9.17) is 20.9 Å². The number of anilines is 4. The number of nitrogen functional groups attached to an aromatic ring is 2. The summed E-state index contributed by atoms with van der Waals surface area (Å²) in [5, 5.41) is 0. The lowest BCUT2D eigenvalue weighted by atomic mass is 10.1. The van der Waals surface area contributed by atoms with Crippen LogP contribution in [-0.2, 0) is 19.1 Å². The van der Waals surface area contributed by atoms with Gasteiger partial charge in [0, 0.05) is 62.0 Å². The Balaban J connectivity index is 0.000000161. The molecule has 10 nitrogen and oxygen atoms in total. The Labute approximate surface area is 235 Å². The third kappa shape index (κ3) is 6.40. The number of amides is 2. The lowest BCUT2D eigenvalue weighted by Gasteiger charge is -2.35. The predicted molar refractivity (Wildman–Crippen MR) is 157 cm³/mol. The molecule has 4 aliphatic heterocycles. The smallest absolute Gasteiger partial charge is 0.274 e. The van der Waals surface area contributed by atoms with E-state index in [2.05, 4.69) is 9.80 Å². The van der Waals surface area contributed by atoms with Crippen LogP contribution in [0.5, 0.6) is 0 Å². The summed E-state index contributed by atoms with van der Waals surface area (Å²) in [5.41, 5.74) is 16.2.